The second-order valence-electron chi connectivity index (χ2n) is 4.38. The third-order valence-electron chi connectivity index (χ3n) is 2.58. The molecule has 25 heavy (non-hydrogen) atoms. The molecular weight excluding hydrogens is 360 g/mol. The third kappa shape index (κ3) is 8.55. The van der Waals surface area contributed by atoms with E-state index in [2.05, 4.69) is 0 Å². The summed E-state index contributed by atoms with van der Waals surface area (Å²) in [6.07, 6.45) is 0. The molecule has 0 fully saturated rings. The number of hydrogen-bond donors (Lipinski definition) is 2. The average molecular weight is 374 g/mol. The van der Waals surface area contributed by atoms with Gasteiger partial charge in [-0.2, -0.15) is 0 Å². The van der Waals surface area contributed by atoms with Gasteiger partial charge in [-0.1, -0.05) is 60.7 Å². The Bertz CT molecular complexity index is 597. The van der Waals surface area contributed by atoms with Crippen molar-refractivity contribution in [1.82, 2.24) is 0 Å². The zero-order valence-corrected chi connectivity index (χ0v) is 14.5. The van der Waals surface area contributed by atoms with Crippen molar-refractivity contribution in [2.24, 2.45) is 0 Å². The number of para-hydroxylation sites is 6. The van der Waals surface area contributed by atoms with E-state index in [1.165, 1.54) is 36.4 Å². The van der Waals surface area contributed by atoms with Crippen LogP contribution in [-0.4, -0.2) is 10.2 Å². The van der Waals surface area contributed by atoms with Crippen molar-refractivity contribution in [3.63, 3.8) is 0 Å². The summed E-state index contributed by atoms with van der Waals surface area (Å²) < 4.78 is 0. The molecule has 3 aromatic carbocycles. The summed E-state index contributed by atoms with van der Waals surface area (Å²) in [6, 6.07) is 17.3. The standard InChI is InChI=1S/3C6H6O2.Ti/c3*7-5-3-1-2-4-6(5)8;/h3*1-4,7-8H;/q;;;+4/p-4. The first-order chi connectivity index (χ1) is 11.4. The number of hydrogen-bond acceptors (Lipinski definition) is 6. The number of phenols is 2. The van der Waals surface area contributed by atoms with Crippen molar-refractivity contribution in [2.45, 2.75) is 0 Å². The molecule has 0 aliphatic heterocycles. The van der Waals surface area contributed by atoms with E-state index in [0.717, 1.165) is 0 Å². The molecule has 0 saturated heterocycles. The number of rotatable bonds is 0. The minimum absolute atomic E-state index is 0. The van der Waals surface area contributed by atoms with Crippen molar-refractivity contribution in [3.8, 4) is 34.5 Å². The Morgan fingerprint density at radius 1 is 0.440 bits per heavy atom. The van der Waals surface area contributed by atoms with Crippen molar-refractivity contribution < 1.29 is 52.4 Å². The minimum atomic E-state index is -0.437. The Morgan fingerprint density at radius 3 is 0.800 bits per heavy atom. The van der Waals surface area contributed by atoms with Crippen LogP contribution in [0.5, 0.6) is 34.5 Å². The molecule has 2 N–H and O–H groups in total. The van der Waals surface area contributed by atoms with Gasteiger partial charge in [0.05, 0.1) is 0 Å². The summed E-state index contributed by atoms with van der Waals surface area (Å²) >= 11 is 0. The van der Waals surface area contributed by atoms with Crippen LogP contribution in [0.25, 0.3) is 0 Å². The normalized spacial score (nSPS) is 8.64. The second kappa shape index (κ2) is 11.7. The fourth-order valence-corrected chi connectivity index (χ4v) is 1.36. The molecule has 0 bridgehead atoms. The molecule has 0 atom stereocenters. The van der Waals surface area contributed by atoms with Gasteiger partial charge in [-0.05, 0) is 12.1 Å². The van der Waals surface area contributed by atoms with E-state index in [4.69, 9.17) is 10.2 Å². The summed E-state index contributed by atoms with van der Waals surface area (Å²) in [6.45, 7) is 0. The molecule has 0 aliphatic rings. The molecule has 3 rings (SSSR count). The molecule has 0 radical (unpaired) electrons. The van der Waals surface area contributed by atoms with Crippen LogP contribution in [0.1, 0.15) is 0 Å². The Kier molecular flexibility index (Phi) is 10.4. The van der Waals surface area contributed by atoms with Crippen LogP contribution in [-0.2, 0) is 21.7 Å². The van der Waals surface area contributed by atoms with E-state index >= 15 is 0 Å². The second-order valence-corrected chi connectivity index (χ2v) is 4.38. The molecule has 0 aromatic heterocycles. The monoisotopic (exact) mass is 374 g/mol. The largest absolute Gasteiger partial charge is 4.00 e. The van der Waals surface area contributed by atoms with Crippen LogP contribution in [0.3, 0.4) is 0 Å². The van der Waals surface area contributed by atoms with E-state index in [1.54, 1.807) is 36.4 Å². The minimum Gasteiger partial charge on any atom is -0.873 e. The molecule has 7 heteroatoms. The van der Waals surface area contributed by atoms with E-state index in [1.807, 2.05) is 0 Å². The van der Waals surface area contributed by atoms with Gasteiger partial charge < -0.3 is 30.6 Å². The number of benzene rings is 3. The molecule has 0 spiro atoms. The Hall–Kier alpha value is -2.83. The van der Waals surface area contributed by atoms with Gasteiger partial charge in [0.1, 0.15) is 0 Å². The van der Waals surface area contributed by atoms with Gasteiger partial charge in [0.2, 0.25) is 0 Å². The first-order valence-corrected chi connectivity index (χ1v) is 6.75. The molecule has 0 saturated carbocycles. The van der Waals surface area contributed by atoms with Gasteiger partial charge in [0.25, 0.3) is 0 Å². The molecule has 0 heterocycles. The first-order valence-electron chi connectivity index (χ1n) is 6.75. The van der Waals surface area contributed by atoms with Crippen molar-refractivity contribution in [2.75, 3.05) is 0 Å². The van der Waals surface area contributed by atoms with E-state index < -0.39 is 23.0 Å². The fourth-order valence-electron chi connectivity index (χ4n) is 1.36. The van der Waals surface area contributed by atoms with Crippen LogP contribution in [0.2, 0.25) is 0 Å². The van der Waals surface area contributed by atoms with Crippen LogP contribution in [0, 0.1) is 0 Å². The maximum atomic E-state index is 10.3. The molecule has 0 aliphatic carbocycles. The van der Waals surface area contributed by atoms with E-state index in [9.17, 15) is 20.4 Å². The Labute approximate surface area is 159 Å². The van der Waals surface area contributed by atoms with Crippen molar-refractivity contribution >= 4 is 0 Å². The van der Waals surface area contributed by atoms with Gasteiger partial charge in [-0.3, -0.25) is 0 Å². The smallest absolute Gasteiger partial charge is 0.873 e. The summed E-state index contributed by atoms with van der Waals surface area (Å²) in [5.41, 5.74) is 0. The molecule has 6 nitrogen and oxygen atoms in total. The molecule has 0 amide bonds. The quantitative estimate of drug-likeness (QED) is 0.441. The van der Waals surface area contributed by atoms with Gasteiger partial charge in [-0.15, -0.1) is 23.0 Å². The zero-order chi connectivity index (χ0) is 17.9. The predicted molar refractivity (Wildman–Crippen MR) is 80.4 cm³/mol. The molecule has 3 aromatic rings. The summed E-state index contributed by atoms with van der Waals surface area (Å²) in [5, 5.41) is 58.6. The summed E-state index contributed by atoms with van der Waals surface area (Å²) in [7, 11) is 0. The van der Waals surface area contributed by atoms with E-state index in [-0.39, 0.29) is 33.2 Å². The van der Waals surface area contributed by atoms with Crippen LogP contribution in [0.15, 0.2) is 72.8 Å². The predicted octanol–water partition coefficient (Wildman–Crippen LogP) is 0.763. The number of aromatic hydroxyl groups is 2. The SMILES string of the molecule is Oc1ccccc1O.[O-]c1ccccc1[O-].[O-]c1ccccc1[O-].[Ti+4]. The number of phenolic OH excluding ortho intramolecular Hbond substituents is 2. The molecular formula is C18H14O6Ti. The summed E-state index contributed by atoms with van der Waals surface area (Å²) in [4.78, 5) is 0. The molecule has 0 unspecified atom stereocenters. The third-order valence-corrected chi connectivity index (χ3v) is 2.58. The van der Waals surface area contributed by atoms with Crippen molar-refractivity contribution in [3.05, 3.63) is 72.8 Å². The van der Waals surface area contributed by atoms with E-state index in [0.29, 0.717) is 0 Å². The van der Waals surface area contributed by atoms with Gasteiger partial charge in [0, 0.05) is 0 Å². The first kappa shape index (κ1) is 22.2. The molecule has 126 valence electrons. The topological polar surface area (TPSA) is 133 Å². The van der Waals surface area contributed by atoms with Gasteiger partial charge in [0.15, 0.2) is 11.5 Å². The fraction of sp³-hybridized carbons (Fsp3) is 0. The Morgan fingerprint density at radius 2 is 0.640 bits per heavy atom. The van der Waals surface area contributed by atoms with Gasteiger partial charge >= 0.3 is 21.7 Å². The van der Waals surface area contributed by atoms with Crippen LogP contribution in [0.4, 0.5) is 0 Å². The van der Waals surface area contributed by atoms with Crippen LogP contribution >= 0.6 is 0 Å². The van der Waals surface area contributed by atoms with Crippen molar-refractivity contribution in [1.29, 1.82) is 0 Å². The van der Waals surface area contributed by atoms with Gasteiger partial charge in [-0.25, -0.2) is 0 Å². The zero-order valence-electron chi connectivity index (χ0n) is 13.0. The average Bonchev–Trinajstić information content (AvgIpc) is 2.57. The maximum Gasteiger partial charge on any atom is 4.00 e. The maximum absolute atomic E-state index is 10.3. The summed E-state index contributed by atoms with van der Waals surface area (Å²) in [5.74, 6) is -1.90. The van der Waals surface area contributed by atoms with Crippen LogP contribution < -0.4 is 20.4 Å². The Balaban J connectivity index is 0.000000339.